The number of aromatic nitrogens is 6. The molecule has 0 atom stereocenters. The number of aromatic amines is 3. The van der Waals surface area contributed by atoms with Gasteiger partial charge in [0.05, 0.1) is 0 Å². The summed E-state index contributed by atoms with van der Waals surface area (Å²) >= 11 is -0.260. The summed E-state index contributed by atoms with van der Waals surface area (Å²) < 4.78 is 5.80. The maximum atomic E-state index is 4.14. The van der Waals surface area contributed by atoms with Crippen LogP contribution in [0.4, 0.5) is 0 Å². The van der Waals surface area contributed by atoms with Gasteiger partial charge in [-0.3, -0.25) is 0 Å². The van der Waals surface area contributed by atoms with Crippen LogP contribution in [0, 0.1) is 0 Å². The first-order valence-corrected chi connectivity index (χ1v) is 15.7. The molecular weight excluding hydrogens is 516 g/mol. The number of H-pyrrole nitrogens is 3. The van der Waals surface area contributed by atoms with Gasteiger partial charge in [-0.25, -0.2) is 0 Å². The third-order valence-electron chi connectivity index (χ3n) is 4.69. The molecule has 0 saturated carbocycles. The van der Waals surface area contributed by atoms with Gasteiger partial charge in [0.25, 0.3) is 0 Å². The van der Waals surface area contributed by atoms with Crippen LogP contribution < -0.4 is 12.0 Å². The fourth-order valence-corrected chi connectivity index (χ4v) is 8.11. The molecule has 33 heavy (non-hydrogen) atoms. The van der Waals surface area contributed by atoms with Crippen molar-refractivity contribution in [1.82, 2.24) is 30.6 Å². The van der Waals surface area contributed by atoms with Crippen LogP contribution in [0.5, 0.6) is 0 Å². The molecule has 6 nitrogen and oxygen atoms in total. The number of hydrogen-bond acceptors (Lipinski definition) is 3. The third kappa shape index (κ3) is 8.82. The number of rotatable bonds is 6. The van der Waals surface area contributed by atoms with E-state index in [1.807, 2.05) is 18.6 Å². The Kier molecular flexibility index (Phi) is 10.2. The standard InChI is InChI=1S/3C5H5.3C3H3N2.3Ti/c6*1-2-4-5-3-1;;;/h3*1-5H;3*1-2H,(H,4,5);;;. The van der Waals surface area contributed by atoms with Crippen molar-refractivity contribution in [3.05, 3.63) is 110 Å². The van der Waals surface area contributed by atoms with Crippen LogP contribution in [0.15, 0.2) is 110 Å². The quantitative estimate of drug-likeness (QED) is 0.421. The second-order valence-corrected chi connectivity index (χ2v) is 14.1. The predicted molar refractivity (Wildman–Crippen MR) is 121 cm³/mol. The molecule has 162 valence electrons. The number of allylic oxidation sites excluding steroid dienone is 12. The summed E-state index contributed by atoms with van der Waals surface area (Å²) in [4.78, 5) is 0. The first kappa shape index (κ1) is 24.3. The fraction of sp³-hybridized carbons (Fsp3) is 0.125. The molecule has 3 aromatic rings. The van der Waals surface area contributed by atoms with Gasteiger partial charge >= 0.3 is 222 Å². The molecule has 3 heterocycles. The zero-order valence-electron chi connectivity index (χ0n) is 18.0. The average molecular weight is 540 g/mol. The van der Waals surface area contributed by atoms with E-state index in [0.717, 1.165) is 0 Å². The molecule has 0 amide bonds. The van der Waals surface area contributed by atoms with Gasteiger partial charge in [-0.2, -0.15) is 0 Å². The Morgan fingerprint density at radius 3 is 0.939 bits per heavy atom. The van der Waals surface area contributed by atoms with E-state index in [2.05, 4.69) is 122 Å². The van der Waals surface area contributed by atoms with Gasteiger partial charge in [0.1, 0.15) is 0 Å². The summed E-state index contributed by atoms with van der Waals surface area (Å²) in [5, 5.41) is 20.9. The van der Waals surface area contributed by atoms with Crippen molar-refractivity contribution in [3.8, 4) is 0 Å². The Labute approximate surface area is 220 Å². The zero-order valence-corrected chi connectivity index (χ0v) is 22.7. The van der Waals surface area contributed by atoms with Crippen molar-refractivity contribution in [3.63, 3.8) is 0 Å². The summed E-state index contributed by atoms with van der Waals surface area (Å²) in [6.07, 6.45) is 31.8. The van der Waals surface area contributed by atoms with E-state index in [1.54, 1.807) is 0 Å². The first-order chi connectivity index (χ1) is 16.3. The van der Waals surface area contributed by atoms with E-state index in [4.69, 9.17) is 0 Å². The number of hydrogen-bond donors (Lipinski definition) is 3. The average Bonchev–Trinajstić information content (AvgIpc) is 3.67. The van der Waals surface area contributed by atoms with Crippen LogP contribution in [0.1, 0.15) is 0 Å². The van der Waals surface area contributed by atoms with Crippen molar-refractivity contribution in [1.29, 1.82) is 0 Å². The van der Waals surface area contributed by atoms with E-state index in [1.165, 1.54) is 12.0 Å². The summed E-state index contributed by atoms with van der Waals surface area (Å²) in [7, 11) is 0. The second-order valence-electron chi connectivity index (χ2n) is 7.20. The molecule has 0 aliphatic heterocycles. The van der Waals surface area contributed by atoms with Crippen LogP contribution in [0.3, 0.4) is 0 Å². The SMILES string of the molecule is C1=C[CH]([Ti][c]2cc[nH]n2)C=C1.C1=C[CH]([Ti][c]2cc[nH]n2)C=C1.C1=C[CH]([Ti][c]2cc[nH]n2)C=C1. The minimum absolute atomic E-state index is 0.0868. The Morgan fingerprint density at radius 2 is 0.727 bits per heavy atom. The molecule has 0 fully saturated rings. The van der Waals surface area contributed by atoms with E-state index < -0.39 is 0 Å². The number of nitrogens with one attached hydrogen (secondary N) is 3. The van der Waals surface area contributed by atoms with Crippen molar-refractivity contribution in [2.24, 2.45) is 0 Å². The molecule has 0 saturated heterocycles. The molecule has 0 radical (unpaired) electrons. The monoisotopic (exact) mass is 540 g/mol. The minimum atomic E-state index is -0.0868. The van der Waals surface area contributed by atoms with Crippen molar-refractivity contribution in [2.45, 2.75) is 12.7 Å². The van der Waals surface area contributed by atoms with Gasteiger partial charge in [-0.15, -0.1) is 0 Å². The van der Waals surface area contributed by atoms with Crippen LogP contribution in [-0.4, -0.2) is 30.6 Å². The molecule has 0 spiro atoms. The van der Waals surface area contributed by atoms with Crippen LogP contribution in [0.25, 0.3) is 0 Å². The van der Waals surface area contributed by atoms with Crippen LogP contribution in [0.2, 0.25) is 12.7 Å². The Hall–Kier alpha value is -1.79. The molecule has 0 bridgehead atoms. The molecule has 6 rings (SSSR count). The Bertz CT molecular complexity index is 930. The van der Waals surface area contributed by atoms with Crippen molar-refractivity contribution in [2.75, 3.05) is 0 Å². The molecule has 0 aromatic carbocycles. The summed E-state index contributed by atoms with van der Waals surface area (Å²) in [5.74, 6) is 0. The summed E-state index contributed by atoms with van der Waals surface area (Å²) in [6.45, 7) is 0. The van der Waals surface area contributed by atoms with Gasteiger partial charge in [0.2, 0.25) is 0 Å². The van der Waals surface area contributed by atoms with Crippen LogP contribution >= 0.6 is 0 Å². The van der Waals surface area contributed by atoms with Crippen molar-refractivity contribution < 1.29 is 57.5 Å². The summed E-state index contributed by atoms with van der Waals surface area (Å²) in [5.41, 5.74) is 0. The summed E-state index contributed by atoms with van der Waals surface area (Å²) in [6, 6.07) is 6.21. The van der Waals surface area contributed by atoms with E-state index >= 15 is 0 Å². The zero-order chi connectivity index (χ0) is 22.6. The Balaban J connectivity index is 0.000000118. The van der Waals surface area contributed by atoms with E-state index in [-0.39, 0.29) is 57.5 Å². The number of nitrogens with zero attached hydrogens (tertiary/aromatic N) is 3. The molecule has 3 aliphatic carbocycles. The van der Waals surface area contributed by atoms with Crippen molar-refractivity contribution >= 4 is 12.0 Å². The molecule has 3 aliphatic rings. The second kappa shape index (κ2) is 13.8. The maximum absolute atomic E-state index is 4.14. The first-order valence-electron chi connectivity index (χ1n) is 10.7. The van der Waals surface area contributed by atoms with E-state index in [0.29, 0.717) is 12.7 Å². The fourth-order valence-electron chi connectivity index (χ4n) is 3.12. The Morgan fingerprint density at radius 1 is 0.455 bits per heavy atom. The van der Waals surface area contributed by atoms with Gasteiger partial charge < -0.3 is 0 Å². The topological polar surface area (TPSA) is 86.0 Å². The van der Waals surface area contributed by atoms with Gasteiger partial charge in [0, 0.05) is 0 Å². The third-order valence-corrected chi connectivity index (χ3v) is 10.7. The predicted octanol–water partition coefficient (Wildman–Crippen LogP) is 3.10. The van der Waals surface area contributed by atoms with Gasteiger partial charge in [-0.1, -0.05) is 0 Å². The molecule has 0 unspecified atom stereocenters. The normalized spacial score (nSPS) is 16.0. The van der Waals surface area contributed by atoms with Gasteiger partial charge in [-0.05, 0) is 0 Å². The molecule has 9 heteroatoms. The van der Waals surface area contributed by atoms with Crippen LogP contribution in [-0.2, 0) is 57.5 Å². The van der Waals surface area contributed by atoms with Gasteiger partial charge in [0.15, 0.2) is 0 Å². The molecule has 3 aromatic heterocycles. The molecular formula is C24H24N6Ti3. The molecule has 3 N–H and O–H groups in total. The van der Waals surface area contributed by atoms with E-state index in [9.17, 15) is 0 Å².